The lowest BCUT2D eigenvalue weighted by atomic mass is 10.0. The number of hydrogen-bond acceptors (Lipinski definition) is 4. The molecule has 160 valence electrons. The molecule has 5 nitrogen and oxygen atoms in total. The third-order valence-corrected chi connectivity index (χ3v) is 4.38. The Morgan fingerprint density at radius 2 is 1.60 bits per heavy atom. The molecule has 0 N–H and O–H groups in total. The Balaban J connectivity index is 2.29. The van der Waals surface area contributed by atoms with Gasteiger partial charge in [0.05, 0.1) is 23.4 Å². The third-order valence-electron chi connectivity index (χ3n) is 4.07. The van der Waals surface area contributed by atoms with Crippen LogP contribution in [-0.4, -0.2) is 31.6 Å². The maximum atomic E-state index is 14.2. The van der Waals surface area contributed by atoms with Gasteiger partial charge in [-0.2, -0.15) is 8.78 Å². The number of methoxy groups -OCH3 is 1. The summed E-state index contributed by atoms with van der Waals surface area (Å²) in [4.78, 5) is 23.7. The molecule has 30 heavy (non-hydrogen) atoms. The van der Waals surface area contributed by atoms with Gasteiger partial charge in [0.2, 0.25) is 5.82 Å². The van der Waals surface area contributed by atoms with Crippen molar-refractivity contribution in [1.82, 2.24) is 0 Å². The SMILES string of the molecule is COC(=O)CN1C(=O)C(F)(F)Oc2cc(Cl)c(-c3c(F)c(F)c(F)c(F)c3F)cc21. The second kappa shape index (κ2) is 7.35. The number of fused-ring (bicyclic) bond motifs is 1. The zero-order valence-corrected chi connectivity index (χ0v) is 15.2. The van der Waals surface area contributed by atoms with E-state index in [-0.39, 0.29) is 4.90 Å². The van der Waals surface area contributed by atoms with Gasteiger partial charge in [0.1, 0.15) is 6.54 Å². The van der Waals surface area contributed by atoms with E-state index in [9.17, 15) is 40.3 Å². The minimum atomic E-state index is -4.43. The Kier molecular flexibility index (Phi) is 5.31. The maximum absolute atomic E-state index is 14.2. The van der Waals surface area contributed by atoms with Gasteiger partial charge in [-0.1, -0.05) is 11.6 Å². The van der Waals surface area contributed by atoms with E-state index in [4.69, 9.17) is 11.6 Å². The molecular formula is C17H7ClF7NO4. The fourth-order valence-electron chi connectivity index (χ4n) is 2.67. The minimum Gasteiger partial charge on any atom is -0.468 e. The van der Waals surface area contributed by atoms with Crippen molar-refractivity contribution >= 4 is 29.2 Å². The van der Waals surface area contributed by atoms with Gasteiger partial charge in [0.15, 0.2) is 29.0 Å². The number of rotatable bonds is 3. The van der Waals surface area contributed by atoms with Gasteiger partial charge in [-0.3, -0.25) is 14.5 Å². The van der Waals surface area contributed by atoms with Gasteiger partial charge in [-0.25, -0.2) is 22.0 Å². The molecule has 0 aliphatic carbocycles. The van der Waals surface area contributed by atoms with Gasteiger partial charge in [-0.15, -0.1) is 0 Å². The lowest BCUT2D eigenvalue weighted by molar-refractivity contribution is -0.193. The van der Waals surface area contributed by atoms with E-state index >= 15 is 0 Å². The average molecular weight is 458 g/mol. The van der Waals surface area contributed by atoms with Crippen molar-refractivity contribution in [3.8, 4) is 16.9 Å². The third kappa shape index (κ3) is 3.30. The summed E-state index contributed by atoms with van der Waals surface area (Å²) in [6, 6.07) is 1.15. The molecule has 1 aliphatic rings. The monoisotopic (exact) mass is 457 g/mol. The van der Waals surface area contributed by atoms with Crippen molar-refractivity contribution in [2.75, 3.05) is 18.6 Å². The Morgan fingerprint density at radius 1 is 1.07 bits per heavy atom. The number of alkyl halides is 2. The summed E-state index contributed by atoms with van der Waals surface area (Å²) in [5, 5.41) is -0.736. The van der Waals surface area contributed by atoms with E-state index < -0.39 is 81.2 Å². The largest absolute Gasteiger partial charge is 0.482 e. The van der Waals surface area contributed by atoms with E-state index in [0.717, 1.165) is 7.11 Å². The van der Waals surface area contributed by atoms with Crippen molar-refractivity contribution in [2.45, 2.75) is 6.11 Å². The van der Waals surface area contributed by atoms with E-state index in [1.165, 1.54) is 0 Å². The lowest BCUT2D eigenvalue weighted by Crippen LogP contribution is -2.52. The maximum Gasteiger partial charge on any atom is 0.482 e. The number of benzene rings is 2. The average Bonchev–Trinajstić information content (AvgIpc) is 2.69. The molecule has 2 aromatic rings. The highest BCUT2D eigenvalue weighted by atomic mass is 35.5. The van der Waals surface area contributed by atoms with Gasteiger partial charge >= 0.3 is 18.0 Å². The van der Waals surface area contributed by atoms with Crippen LogP contribution in [0.4, 0.5) is 36.4 Å². The smallest absolute Gasteiger partial charge is 0.468 e. The molecule has 1 amide bonds. The summed E-state index contributed by atoms with van der Waals surface area (Å²) in [5.74, 6) is -15.5. The van der Waals surface area contributed by atoms with E-state index in [2.05, 4.69) is 9.47 Å². The van der Waals surface area contributed by atoms with E-state index in [1.54, 1.807) is 0 Å². The quantitative estimate of drug-likeness (QED) is 0.300. The van der Waals surface area contributed by atoms with Crippen molar-refractivity contribution in [1.29, 1.82) is 0 Å². The Morgan fingerprint density at radius 3 is 2.13 bits per heavy atom. The molecule has 1 aliphatic heterocycles. The first-order chi connectivity index (χ1) is 13.9. The van der Waals surface area contributed by atoms with Gasteiger partial charge in [-0.05, 0) is 6.07 Å². The van der Waals surface area contributed by atoms with Crippen LogP contribution >= 0.6 is 11.6 Å². The standard InChI is InChI=1S/C17H7ClF7NO4/c1-29-9(27)4-26-7-2-5(6(18)3-8(7)30-17(24,25)16(26)28)10-11(19)13(21)15(23)14(22)12(10)20/h2-3H,4H2,1H3. The summed E-state index contributed by atoms with van der Waals surface area (Å²) < 4.78 is 105. The Bertz CT molecular complexity index is 1060. The molecule has 1 heterocycles. The first kappa shape index (κ1) is 21.7. The summed E-state index contributed by atoms with van der Waals surface area (Å²) in [6.45, 7) is -1.07. The molecule has 0 saturated carbocycles. The molecule has 2 aromatic carbocycles. The van der Waals surface area contributed by atoms with Crippen LogP contribution in [0.2, 0.25) is 5.02 Å². The fraction of sp³-hybridized carbons (Fsp3) is 0.176. The lowest BCUT2D eigenvalue weighted by Gasteiger charge is -2.33. The molecule has 13 heteroatoms. The van der Waals surface area contributed by atoms with Crippen LogP contribution in [-0.2, 0) is 14.3 Å². The topological polar surface area (TPSA) is 55.8 Å². The summed E-state index contributed by atoms with van der Waals surface area (Å²) in [5.41, 5.74) is -2.94. The molecule has 0 bridgehead atoms. The normalized spacial score (nSPS) is 15.0. The molecule has 0 aromatic heterocycles. The molecule has 3 rings (SSSR count). The van der Waals surface area contributed by atoms with E-state index in [1.807, 2.05) is 0 Å². The summed E-state index contributed by atoms with van der Waals surface area (Å²) in [6.07, 6.45) is -4.43. The first-order valence-electron chi connectivity index (χ1n) is 7.71. The molecule has 0 spiro atoms. The van der Waals surface area contributed by atoms with Crippen molar-refractivity contribution < 1.29 is 49.8 Å². The number of anilines is 1. The summed E-state index contributed by atoms with van der Waals surface area (Å²) >= 11 is 5.80. The molecule has 0 saturated heterocycles. The predicted octanol–water partition coefficient (Wildman–Crippen LogP) is 4.19. The van der Waals surface area contributed by atoms with Crippen LogP contribution in [0.3, 0.4) is 0 Å². The van der Waals surface area contributed by atoms with Crippen LogP contribution in [0.5, 0.6) is 5.75 Å². The molecular weight excluding hydrogens is 451 g/mol. The molecule has 0 unspecified atom stereocenters. The minimum absolute atomic E-state index is 0.163. The Labute approximate surface area is 167 Å². The number of carbonyl (C=O) groups is 2. The highest BCUT2D eigenvalue weighted by molar-refractivity contribution is 6.33. The Hall–Kier alpha value is -3.02. The molecule has 0 radical (unpaired) electrons. The van der Waals surface area contributed by atoms with Crippen LogP contribution in [0.25, 0.3) is 11.1 Å². The van der Waals surface area contributed by atoms with Gasteiger partial charge in [0.25, 0.3) is 0 Å². The zero-order chi connectivity index (χ0) is 22.5. The zero-order valence-electron chi connectivity index (χ0n) is 14.5. The van der Waals surface area contributed by atoms with Crippen LogP contribution in [0.1, 0.15) is 0 Å². The molecule has 0 atom stereocenters. The number of ether oxygens (including phenoxy) is 2. The van der Waals surface area contributed by atoms with Crippen molar-refractivity contribution in [3.63, 3.8) is 0 Å². The highest BCUT2D eigenvalue weighted by Gasteiger charge is 2.51. The van der Waals surface area contributed by atoms with Crippen LogP contribution in [0, 0.1) is 29.1 Å². The first-order valence-corrected chi connectivity index (χ1v) is 8.09. The number of carbonyl (C=O) groups excluding carboxylic acids is 2. The number of halogens is 8. The summed E-state index contributed by atoms with van der Waals surface area (Å²) in [7, 11) is 0.897. The van der Waals surface area contributed by atoms with Crippen LogP contribution < -0.4 is 9.64 Å². The fourth-order valence-corrected chi connectivity index (χ4v) is 2.92. The molecule has 0 fully saturated rings. The van der Waals surface area contributed by atoms with Crippen molar-refractivity contribution in [3.05, 3.63) is 46.2 Å². The highest BCUT2D eigenvalue weighted by Crippen LogP contribution is 2.46. The predicted molar refractivity (Wildman–Crippen MR) is 86.6 cm³/mol. The second-order valence-electron chi connectivity index (χ2n) is 5.83. The van der Waals surface area contributed by atoms with Crippen molar-refractivity contribution in [2.24, 2.45) is 0 Å². The van der Waals surface area contributed by atoms with E-state index in [0.29, 0.717) is 12.1 Å². The van der Waals surface area contributed by atoms with Gasteiger partial charge in [0, 0.05) is 11.6 Å². The number of amides is 1. The number of nitrogens with zero attached hydrogens (tertiary/aromatic N) is 1. The second-order valence-corrected chi connectivity index (χ2v) is 6.24. The van der Waals surface area contributed by atoms with Gasteiger partial charge < -0.3 is 9.47 Å². The van der Waals surface area contributed by atoms with Crippen LogP contribution in [0.15, 0.2) is 12.1 Å². The number of hydrogen-bond donors (Lipinski definition) is 0. The number of esters is 1.